The van der Waals surface area contributed by atoms with Crippen molar-refractivity contribution in [3.8, 4) is 11.3 Å². The van der Waals surface area contributed by atoms with Gasteiger partial charge in [0, 0.05) is 36.8 Å². The second-order valence-electron chi connectivity index (χ2n) is 8.51. The number of rotatable bonds is 4. The largest absolute Gasteiger partial charge is 0.395 e. The second-order valence-corrected chi connectivity index (χ2v) is 8.51. The summed E-state index contributed by atoms with van der Waals surface area (Å²) in [7, 11) is 1.92. The van der Waals surface area contributed by atoms with Gasteiger partial charge in [-0.25, -0.2) is 4.98 Å². The van der Waals surface area contributed by atoms with Crippen LogP contribution >= 0.6 is 0 Å². The Morgan fingerprint density at radius 2 is 1.97 bits per heavy atom. The van der Waals surface area contributed by atoms with Crippen molar-refractivity contribution in [1.29, 1.82) is 0 Å². The Hall–Kier alpha value is -3.03. The number of aliphatic hydroxyl groups excluding tert-OH is 1. The number of fused-ring (bicyclic) bond motifs is 2. The zero-order valence-electron chi connectivity index (χ0n) is 18.0. The third-order valence-electron chi connectivity index (χ3n) is 6.48. The van der Waals surface area contributed by atoms with Crippen LogP contribution in [0.5, 0.6) is 0 Å². The van der Waals surface area contributed by atoms with E-state index in [1.165, 1.54) is 5.56 Å². The Balaban J connectivity index is 1.51. The molecule has 160 valence electrons. The Bertz CT molecular complexity index is 1320. The first-order valence-corrected chi connectivity index (χ1v) is 10.8. The highest BCUT2D eigenvalue weighted by Gasteiger charge is 2.21. The summed E-state index contributed by atoms with van der Waals surface area (Å²) in [5.41, 5.74) is 5.50. The summed E-state index contributed by atoms with van der Waals surface area (Å²) < 4.78 is 3.53. The lowest BCUT2D eigenvalue weighted by atomic mass is 9.90. The van der Waals surface area contributed by atoms with E-state index in [9.17, 15) is 4.79 Å². The molecule has 7 heteroatoms. The second kappa shape index (κ2) is 7.90. The molecule has 0 aliphatic carbocycles. The molecule has 0 atom stereocenters. The number of aliphatic hydroxyl groups is 1. The molecule has 1 aromatic carbocycles. The summed E-state index contributed by atoms with van der Waals surface area (Å²) in [6.07, 6.45) is 5.88. The van der Waals surface area contributed by atoms with Gasteiger partial charge in [0.05, 0.1) is 24.0 Å². The van der Waals surface area contributed by atoms with Crippen molar-refractivity contribution in [2.75, 3.05) is 26.2 Å². The number of aryl methyl sites for hydroxylation is 2. The molecule has 0 amide bonds. The Labute approximate surface area is 180 Å². The maximum atomic E-state index is 13.0. The van der Waals surface area contributed by atoms with Crippen molar-refractivity contribution in [2.45, 2.75) is 25.7 Å². The van der Waals surface area contributed by atoms with Crippen LogP contribution in [-0.4, -0.2) is 55.4 Å². The average molecular weight is 418 g/mol. The van der Waals surface area contributed by atoms with Crippen molar-refractivity contribution >= 4 is 16.6 Å². The maximum Gasteiger partial charge on any atom is 0.258 e. The molecule has 1 saturated heterocycles. The molecule has 7 nitrogen and oxygen atoms in total. The van der Waals surface area contributed by atoms with Gasteiger partial charge >= 0.3 is 0 Å². The summed E-state index contributed by atoms with van der Waals surface area (Å²) >= 11 is 0. The first-order chi connectivity index (χ1) is 15.0. The van der Waals surface area contributed by atoms with E-state index in [1.54, 1.807) is 10.5 Å². The Morgan fingerprint density at radius 3 is 2.74 bits per heavy atom. The number of piperidine rings is 1. The number of β-amino-alcohol motifs (C(OH)–C–C–N with tert-alkyl or cyclic N) is 1. The van der Waals surface area contributed by atoms with Crippen LogP contribution in [0.1, 0.15) is 29.9 Å². The minimum atomic E-state index is -0.0612. The number of benzene rings is 1. The van der Waals surface area contributed by atoms with Crippen LogP contribution in [0.2, 0.25) is 0 Å². The third-order valence-corrected chi connectivity index (χ3v) is 6.48. The van der Waals surface area contributed by atoms with Gasteiger partial charge in [0.2, 0.25) is 0 Å². The minimum Gasteiger partial charge on any atom is -0.395 e. The van der Waals surface area contributed by atoms with Gasteiger partial charge in [-0.3, -0.25) is 13.9 Å². The summed E-state index contributed by atoms with van der Waals surface area (Å²) in [5, 5.41) is 14.5. The number of aromatic nitrogens is 4. The zero-order valence-corrected chi connectivity index (χ0v) is 18.0. The first-order valence-electron chi connectivity index (χ1n) is 10.8. The van der Waals surface area contributed by atoms with Crippen LogP contribution < -0.4 is 5.56 Å². The Kier molecular flexibility index (Phi) is 5.08. The number of pyridine rings is 1. The molecule has 1 N–H and O–H groups in total. The van der Waals surface area contributed by atoms with E-state index in [1.807, 2.05) is 49.2 Å². The molecular weight excluding hydrogens is 390 g/mol. The van der Waals surface area contributed by atoms with Gasteiger partial charge in [-0.05, 0) is 62.0 Å². The van der Waals surface area contributed by atoms with E-state index in [4.69, 9.17) is 10.1 Å². The fourth-order valence-electron chi connectivity index (χ4n) is 4.72. The lowest BCUT2D eigenvalue weighted by Crippen LogP contribution is -2.35. The topological polar surface area (TPSA) is 75.7 Å². The van der Waals surface area contributed by atoms with Gasteiger partial charge in [-0.2, -0.15) is 5.10 Å². The van der Waals surface area contributed by atoms with Crippen molar-refractivity contribution in [3.63, 3.8) is 0 Å². The highest BCUT2D eigenvalue weighted by Crippen LogP contribution is 2.29. The molecule has 0 spiro atoms. The molecule has 5 rings (SSSR count). The highest BCUT2D eigenvalue weighted by atomic mass is 16.3. The van der Waals surface area contributed by atoms with Gasteiger partial charge < -0.3 is 10.0 Å². The van der Waals surface area contributed by atoms with Crippen molar-refractivity contribution < 1.29 is 5.11 Å². The zero-order chi connectivity index (χ0) is 21.5. The molecular formula is C24H27N5O2. The van der Waals surface area contributed by atoms with Crippen LogP contribution in [0.15, 0.2) is 47.5 Å². The molecule has 1 fully saturated rings. The molecule has 31 heavy (non-hydrogen) atoms. The molecule has 1 aliphatic rings. The number of likely N-dealkylation sites (tertiary alicyclic amines) is 1. The SMILES string of the molecule is Cc1cc(C2CCN(CCO)CC2)cn2c(=O)cc(-c3ccc4c(cnn4C)c3)nc12. The lowest BCUT2D eigenvalue weighted by molar-refractivity contribution is 0.164. The molecule has 4 heterocycles. The molecule has 0 bridgehead atoms. The molecule has 1 aliphatic heterocycles. The lowest BCUT2D eigenvalue weighted by Gasteiger charge is -2.31. The van der Waals surface area contributed by atoms with Crippen LogP contribution in [0.25, 0.3) is 27.8 Å². The van der Waals surface area contributed by atoms with Gasteiger partial charge in [0.1, 0.15) is 5.65 Å². The van der Waals surface area contributed by atoms with Crippen LogP contribution in [0.3, 0.4) is 0 Å². The molecule has 3 aromatic heterocycles. The monoisotopic (exact) mass is 417 g/mol. The number of hydrogen-bond acceptors (Lipinski definition) is 5. The van der Waals surface area contributed by atoms with Crippen LogP contribution in [0, 0.1) is 6.92 Å². The van der Waals surface area contributed by atoms with Crippen molar-refractivity contribution in [1.82, 2.24) is 24.1 Å². The highest BCUT2D eigenvalue weighted by molar-refractivity contribution is 5.84. The molecule has 0 radical (unpaired) electrons. The first kappa shape index (κ1) is 19.9. The predicted molar refractivity (Wildman–Crippen MR) is 121 cm³/mol. The third kappa shape index (κ3) is 3.64. The standard InChI is InChI=1S/C24H27N5O2/c1-16-11-20(17-5-7-28(8-6-17)9-10-30)15-29-23(31)13-21(26-24(16)29)18-3-4-22-19(12-18)14-25-27(22)2/h3-4,11-15,17,30H,5-10H2,1-2H3. The number of nitrogens with zero attached hydrogens (tertiary/aromatic N) is 5. The summed E-state index contributed by atoms with van der Waals surface area (Å²) in [5.74, 6) is 0.428. The fraction of sp³-hybridized carbons (Fsp3) is 0.375. The van der Waals surface area contributed by atoms with E-state index in [-0.39, 0.29) is 12.2 Å². The average Bonchev–Trinajstić information content (AvgIpc) is 3.15. The van der Waals surface area contributed by atoms with E-state index in [0.717, 1.165) is 54.5 Å². The molecule has 0 unspecified atom stereocenters. The van der Waals surface area contributed by atoms with Crippen LogP contribution in [0.4, 0.5) is 0 Å². The quantitative estimate of drug-likeness (QED) is 0.553. The van der Waals surface area contributed by atoms with E-state index in [2.05, 4.69) is 16.1 Å². The summed E-state index contributed by atoms with van der Waals surface area (Å²) in [6, 6.07) is 9.84. The molecule has 0 saturated carbocycles. The van der Waals surface area contributed by atoms with Gasteiger partial charge in [-0.1, -0.05) is 12.1 Å². The Morgan fingerprint density at radius 1 is 1.16 bits per heavy atom. The maximum absolute atomic E-state index is 13.0. The minimum absolute atomic E-state index is 0.0612. The predicted octanol–water partition coefficient (Wildman–Crippen LogP) is 2.73. The van der Waals surface area contributed by atoms with Crippen molar-refractivity contribution in [2.24, 2.45) is 7.05 Å². The van der Waals surface area contributed by atoms with Gasteiger partial charge in [0.15, 0.2) is 0 Å². The normalized spacial score (nSPS) is 15.8. The number of hydrogen-bond donors (Lipinski definition) is 1. The summed E-state index contributed by atoms with van der Waals surface area (Å²) in [6.45, 7) is 4.92. The fourth-order valence-corrected chi connectivity index (χ4v) is 4.72. The van der Waals surface area contributed by atoms with E-state index >= 15 is 0 Å². The van der Waals surface area contributed by atoms with Gasteiger partial charge in [-0.15, -0.1) is 0 Å². The van der Waals surface area contributed by atoms with Crippen molar-refractivity contribution in [3.05, 3.63) is 64.2 Å². The van der Waals surface area contributed by atoms with E-state index < -0.39 is 0 Å². The van der Waals surface area contributed by atoms with E-state index in [0.29, 0.717) is 17.3 Å². The summed E-state index contributed by atoms with van der Waals surface area (Å²) in [4.78, 5) is 20.2. The molecule has 4 aromatic rings. The van der Waals surface area contributed by atoms with Gasteiger partial charge in [0.25, 0.3) is 5.56 Å². The van der Waals surface area contributed by atoms with Crippen LogP contribution in [-0.2, 0) is 7.05 Å². The smallest absolute Gasteiger partial charge is 0.258 e.